The molecule has 37 heavy (non-hydrogen) atoms. The minimum atomic E-state index is -0.619. The number of rotatable bonds is 4. The van der Waals surface area contributed by atoms with E-state index in [-0.39, 0.29) is 60.1 Å². The summed E-state index contributed by atoms with van der Waals surface area (Å²) in [6.07, 6.45) is 5.05. The number of hydrogen-bond donors (Lipinski definition) is 0. The largest absolute Gasteiger partial charge is 0.426 e. The number of imide groups is 1. The Balaban J connectivity index is 1.09. The smallest absolute Gasteiger partial charge is 0.316 e. The molecule has 2 aliphatic carbocycles. The normalized spacial score (nSPS) is 28.0. The van der Waals surface area contributed by atoms with Crippen molar-refractivity contribution in [3.8, 4) is 5.75 Å². The van der Waals surface area contributed by atoms with Gasteiger partial charge in [-0.05, 0) is 41.8 Å². The Hall–Kier alpha value is -4.26. The molecule has 7 nitrogen and oxygen atoms in total. The molecule has 2 saturated heterocycles. The first-order valence-corrected chi connectivity index (χ1v) is 12.7. The highest BCUT2D eigenvalue weighted by Crippen LogP contribution is 2.53. The molecule has 1 saturated carbocycles. The van der Waals surface area contributed by atoms with Crippen LogP contribution in [0.2, 0.25) is 0 Å². The fraction of sp³-hybridized carbons (Fsp3) is 0.267. The highest BCUT2D eigenvalue weighted by molar-refractivity contribution is 6.23. The molecule has 0 spiro atoms. The van der Waals surface area contributed by atoms with E-state index in [0.717, 1.165) is 22.9 Å². The Morgan fingerprint density at radius 2 is 1.54 bits per heavy atom. The summed E-state index contributed by atoms with van der Waals surface area (Å²) < 4.78 is 5.66. The molecule has 2 bridgehead atoms. The van der Waals surface area contributed by atoms with Crippen molar-refractivity contribution < 1.29 is 23.9 Å². The van der Waals surface area contributed by atoms with Gasteiger partial charge in [-0.3, -0.25) is 19.2 Å². The monoisotopic (exact) mass is 492 g/mol. The van der Waals surface area contributed by atoms with Gasteiger partial charge in [-0.2, -0.15) is 0 Å². The Morgan fingerprint density at radius 3 is 2.32 bits per heavy atom. The topological polar surface area (TPSA) is 84.0 Å². The summed E-state index contributed by atoms with van der Waals surface area (Å²) in [4.78, 5) is 55.1. The van der Waals surface area contributed by atoms with Crippen molar-refractivity contribution in [3.63, 3.8) is 0 Å². The van der Waals surface area contributed by atoms with Crippen LogP contribution in [-0.4, -0.2) is 30.2 Å². The number of benzene rings is 3. The fourth-order valence-corrected chi connectivity index (χ4v) is 6.58. The highest BCUT2D eigenvalue weighted by Gasteiger charge is 2.59. The van der Waals surface area contributed by atoms with E-state index in [1.807, 2.05) is 42.5 Å². The van der Waals surface area contributed by atoms with E-state index in [2.05, 4.69) is 12.2 Å². The lowest BCUT2D eigenvalue weighted by atomic mass is 9.85. The van der Waals surface area contributed by atoms with Gasteiger partial charge < -0.3 is 9.64 Å². The van der Waals surface area contributed by atoms with Gasteiger partial charge >= 0.3 is 5.97 Å². The molecule has 3 aromatic carbocycles. The van der Waals surface area contributed by atoms with Crippen LogP contribution in [0.15, 0.2) is 78.9 Å². The number of carbonyl (C=O) groups excluding carboxylic acids is 4. The number of esters is 1. The van der Waals surface area contributed by atoms with Crippen LogP contribution in [-0.2, 0) is 19.2 Å². The quantitative estimate of drug-likeness (QED) is 0.237. The van der Waals surface area contributed by atoms with Crippen LogP contribution in [0.25, 0.3) is 10.8 Å². The van der Waals surface area contributed by atoms with Gasteiger partial charge in [0, 0.05) is 24.4 Å². The average Bonchev–Trinajstić information content (AvgIpc) is 3.67. The Labute approximate surface area is 213 Å². The summed E-state index contributed by atoms with van der Waals surface area (Å²) in [7, 11) is 0. The molecular formula is C30H24N2O5. The molecular weight excluding hydrogens is 468 g/mol. The lowest BCUT2D eigenvalue weighted by Crippen LogP contribution is -2.32. The predicted molar refractivity (Wildman–Crippen MR) is 137 cm³/mol. The summed E-state index contributed by atoms with van der Waals surface area (Å²) in [6, 6.07) is 20.1. The van der Waals surface area contributed by atoms with Crippen molar-refractivity contribution >= 4 is 45.8 Å². The molecule has 3 fully saturated rings. The molecule has 0 aromatic heterocycles. The third-order valence-corrected chi connectivity index (χ3v) is 8.28. The number of nitrogens with zero attached hydrogens (tertiary/aromatic N) is 2. The van der Waals surface area contributed by atoms with Crippen molar-refractivity contribution in [2.75, 3.05) is 16.3 Å². The number of hydrogen-bond acceptors (Lipinski definition) is 5. The summed E-state index contributed by atoms with van der Waals surface area (Å²) >= 11 is 0. The highest BCUT2D eigenvalue weighted by atomic mass is 16.5. The second kappa shape index (κ2) is 8.13. The zero-order valence-corrected chi connectivity index (χ0v) is 19.9. The third-order valence-electron chi connectivity index (χ3n) is 8.28. The van der Waals surface area contributed by atoms with Crippen LogP contribution in [0.4, 0.5) is 11.4 Å². The standard InChI is InChI=1S/C30H24N2O5/c33-25-14-20(16-31(25)24-10-3-6-17-5-1-2-9-23(17)24)30(36)37-22-8-4-7-21(15-22)32-28(34)26-18-11-12-19(13-18)27(26)29(32)35/h1-12,15,18-20,26-27H,13-14,16H2/t18-,19-,20+,26+,27+/m0/s1. The van der Waals surface area contributed by atoms with E-state index in [0.29, 0.717) is 5.69 Å². The molecule has 0 unspecified atom stereocenters. The van der Waals surface area contributed by atoms with Crippen LogP contribution >= 0.6 is 0 Å². The summed E-state index contributed by atoms with van der Waals surface area (Å²) in [5.74, 6) is -1.70. The van der Waals surface area contributed by atoms with E-state index in [1.54, 1.807) is 29.2 Å². The van der Waals surface area contributed by atoms with E-state index in [1.165, 1.54) is 4.90 Å². The second-order valence-electron chi connectivity index (χ2n) is 10.3. The molecule has 3 aromatic rings. The maximum Gasteiger partial charge on any atom is 0.316 e. The SMILES string of the molecule is O=C(Oc1cccc(N2C(=O)[C@H]3[C@H](C2=O)[C@H]2C=C[C@H]3C2)c1)[C@@H]1CC(=O)N(c2cccc3ccccc23)C1. The maximum atomic E-state index is 13.2. The van der Waals surface area contributed by atoms with E-state index in [9.17, 15) is 19.2 Å². The van der Waals surface area contributed by atoms with Gasteiger partial charge in [0.05, 0.1) is 29.1 Å². The van der Waals surface area contributed by atoms with Crippen LogP contribution in [0.5, 0.6) is 5.75 Å². The average molecular weight is 493 g/mol. The number of amides is 3. The van der Waals surface area contributed by atoms with Crippen molar-refractivity contribution in [2.45, 2.75) is 12.8 Å². The van der Waals surface area contributed by atoms with Crippen LogP contribution < -0.4 is 14.5 Å². The number of carbonyl (C=O) groups is 4. The number of allylic oxidation sites excluding steroid dienone is 2. The van der Waals surface area contributed by atoms with Gasteiger partial charge in [0.15, 0.2) is 0 Å². The molecule has 0 N–H and O–H groups in total. The summed E-state index contributed by atoms with van der Waals surface area (Å²) in [6.45, 7) is 0.230. The molecule has 7 rings (SSSR count). The third kappa shape index (κ3) is 3.34. The molecule has 5 atom stereocenters. The van der Waals surface area contributed by atoms with Crippen LogP contribution in [0.1, 0.15) is 12.8 Å². The fourth-order valence-electron chi connectivity index (χ4n) is 6.58. The van der Waals surface area contributed by atoms with Crippen molar-refractivity contribution in [3.05, 3.63) is 78.9 Å². The molecule has 0 radical (unpaired) electrons. The predicted octanol–water partition coefficient (Wildman–Crippen LogP) is 4.11. The maximum absolute atomic E-state index is 13.2. The van der Waals surface area contributed by atoms with E-state index in [4.69, 9.17) is 4.74 Å². The molecule has 2 heterocycles. The van der Waals surface area contributed by atoms with Crippen LogP contribution in [0.3, 0.4) is 0 Å². The lowest BCUT2D eigenvalue weighted by molar-refractivity contribution is -0.139. The minimum Gasteiger partial charge on any atom is -0.426 e. The molecule has 3 amide bonds. The molecule has 184 valence electrons. The van der Waals surface area contributed by atoms with E-state index >= 15 is 0 Å². The lowest BCUT2D eigenvalue weighted by Gasteiger charge is -2.19. The first-order chi connectivity index (χ1) is 18.0. The van der Waals surface area contributed by atoms with Gasteiger partial charge in [0.2, 0.25) is 17.7 Å². The van der Waals surface area contributed by atoms with Gasteiger partial charge in [-0.15, -0.1) is 0 Å². The molecule has 4 aliphatic rings. The van der Waals surface area contributed by atoms with Gasteiger partial charge in [-0.1, -0.05) is 54.6 Å². The first-order valence-electron chi connectivity index (χ1n) is 12.7. The van der Waals surface area contributed by atoms with Crippen LogP contribution in [0, 0.1) is 29.6 Å². The number of anilines is 2. The Morgan fingerprint density at radius 1 is 0.838 bits per heavy atom. The Bertz CT molecular complexity index is 1490. The van der Waals surface area contributed by atoms with Crippen molar-refractivity contribution in [1.82, 2.24) is 0 Å². The number of fused-ring (bicyclic) bond motifs is 6. The van der Waals surface area contributed by atoms with Gasteiger partial charge in [0.1, 0.15) is 5.75 Å². The Kier molecular flexibility index (Phi) is 4.83. The summed E-state index contributed by atoms with van der Waals surface area (Å²) in [5, 5.41) is 1.97. The molecule has 7 heteroatoms. The first kappa shape index (κ1) is 22.0. The van der Waals surface area contributed by atoms with Crippen molar-refractivity contribution in [1.29, 1.82) is 0 Å². The van der Waals surface area contributed by atoms with Gasteiger partial charge in [-0.25, -0.2) is 4.90 Å². The second-order valence-corrected chi connectivity index (χ2v) is 10.3. The molecule has 2 aliphatic heterocycles. The van der Waals surface area contributed by atoms with Gasteiger partial charge in [0.25, 0.3) is 0 Å². The zero-order chi connectivity index (χ0) is 25.3. The number of ether oxygens (including phenoxy) is 1. The minimum absolute atomic E-state index is 0.0595. The zero-order valence-electron chi connectivity index (χ0n) is 19.9. The van der Waals surface area contributed by atoms with Crippen molar-refractivity contribution in [2.24, 2.45) is 29.6 Å². The summed E-state index contributed by atoms with van der Waals surface area (Å²) in [5.41, 5.74) is 1.19. The van der Waals surface area contributed by atoms with E-state index < -0.39 is 11.9 Å².